The number of nitrogens with zero attached hydrogens (tertiary/aromatic N) is 2. The van der Waals surface area contributed by atoms with Crippen molar-refractivity contribution in [1.29, 1.82) is 0 Å². The van der Waals surface area contributed by atoms with Crippen LogP contribution in [-0.2, 0) is 13.2 Å². The Morgan fingerprint density at radius 1 is 1.42 bits per heavy atom. The normalized spacial score (nSPS) is 14.6. The second-order valence-corrected chi connectivity index (χ2v) is 4.82. The molecule has 1 heterocycles. The first-order valence-electron chi connectivity index (χ1n) is 6.54. The summed E-state index contributed by atoms with van der Waals surface area (Å²) in [7, 11) is 0. The van der Waals surface area contributed by atoms with Gasteiger partial charge in [-0.25, -0.2) is 0 Å². The molecule has 1 aliphatic carbocycles. The Labute approximate surface area is 112 Å². The molecule has 0 unspecified atom stereocenters. The van der Waals surface area contributed by atoms with Crippen LogP contribution in [0, 0.1) is 6.92 Å². The van der Waals surface area contributed by atoms with Crippen LogP contribution >= 0.6 is 0 Å². The standard InChI is InChI=1S/C14H17N3O2/c1-10-16-14(17-19-10)9-18-13-4-2-3-11(7-13)8-15-12-5-6-12/h2-4,7,12,15H,5-6,8-9H2,1H3. The van der Waals surface area contributed by atoms with Gasteiger partial charge < -0.3 is 14.6 Å². The van der Waals surface area contributed by atoms with Gasteiger partial charge in [-0.1, -0.05) is 17.3 Å². The van der Waals surface area contributed by atoms with E-state index in [0.29, 0.717) is 24.4 Å². The van der Waals surface area contributed by atoms with Crippen molar-refractivity contribution in [2.75, 3.05) is 0 Å². The van der Waals surface area contributed by atoms with E-state index in [1.54, 1.807) is 6.92 Å². The fraction of sp³-hybridized carbons (Fsp3) is 0.429. The van der Waals surface area contributed by atoms with E-state index in [9.17, 15) is 0 Å². The lowest BCUT2D eigenvalue weighted by Gasteiger charge is -2.07. The summed E-state index contributed by atoms with van der Waals surface area (Å²) in [5.74, 6) is 1.96. The number of nitrogens with one attached hydrogen (secondary N) is 1. The van der Waals surface area contributed by atoms with Crippen molar-refractivity contribution in [1.82, 2.24) is 15.5 Å². The maximum Gasteiger partial charge on any atom is 0.223 e. The largest absolute Gasteiger partial charge is 0.485 e. The summed E-state index contributed by atoms with van der Waals surface area (Å²) in [6.45, 7) is 2.99. The van der Waals surface area contributed by atoms with Gasteiger partial charge in [0.1, 0.15) is 5.75 Å². The van der Waals surface area contributed by atoms with Crippen LogP contribution in [0.5, 0.6) is 5.75 Å². The molecule has 2 aromatic rings. The number of hydrogen-bond donors (Lipinski definition) is 1. The van der Waals surface area contributed by atoms with Gasteiger partial charge in [0.25, 0.3) is 0 Å². The molecule has 0 spiro atoms. The smallest absolute Gasteiger partial charge is 0.223 e. The Bertz CT molecular complexity index is 549. The van der Waals surface area contributed by atoms with E-state index in [0.717, 1.165) is 12.3 Å². The van der Waals surface area contributed by atoms with Crippen molar-refractivity contribution in [3.05, 3.63) is 41.5 Å². The molecular weight excluding hydrogens is 242 g/mol. The van der Waals surface area contributed by atoms with Gasteiger partial charge in [0.2, 0.25) is 11.7 Å². The number of ether oxygens (including phenoxy) is 1. The zero-order chi connectivity index (χ0) is 13.1. The molecule has 0 bridgehead atoms. The number of benzene rings is 1. The summed E-state index contributed by atoms with van der Waals surface area (Å²) in [4.78, 5) is 4.10. The highest BCUT2D eigenvalue weighted by Gasteiger charge is 2.19. The third kappa shape index (κ3) is 3.54. The van der Waals surface area contributed by atoms with Crippen LogP contribution in [0.1, 0.15) is 30.1 Å². The van der Waals surface area contributed by atoms with Crippen LogP contribution in [0.2, 0.25) is 0 Å². The van der Waals surface area contributed by atoms with Crippen molar-refractivity contribution in [2.24, 2.45) is 0 Å². The Morgan fingerprint density at radius 2 is 2.32 bits per heavy atom. The molecule has 1 aliphatic rings. The van der Waals surface area contributed by atoms with E-state index in [4.69, 9.17) is 9.26 Å². The van der Waals surface area contributed by atoms with E-state index in [-0.39, 0.29) is 0 Å². The van der Waals surface area contributed by atoms with Crippen LogP contribution in [0.15, 0.2) is 28.8 Å². The van der Waals surface area contributed by atoms with Crippen LogP contribution in [0.3, 0.4) is 0 Å². The van der Waals surface area contributed by atoms with E-state index >= 15 is 0 Å². The zero-order valence-electron chi connectivity index (χ0n) is 10.9. The summed E-state index contributed by atoms with van der Waals surface area (Å²) in [6, 6.07) is 8.80. The molecule has 3 rings (SSSR count). The summed E-state index contributed by atoms with van der Waals surface area (Å²) >= 11 is 0. The third-order valence-corrected chi connectivity index (χ3v) is 3.01. The summed E-state index contributed by atoms with van der Waals surface area (Å²) < 4.78 is 10.6. The molecule has 1 saturated carbocycles. The molecule has 1 N–H and O–H groups in total. The van der Waals surface area contributed by atoms with Crippen molar-refractivity contribution in [2.45, 2.75) is 39.0 Å². The van der Waals surface area contributed by atoms with Gasteiger partial charge in [-0.15, -0.1) is 0 Å². The Kier molecular flexibility index (Phi) is 3.46. The van der Waals surface area contributed by atoms with Crippen molar-refractivity contribution >= 4 is 0 Å². The molecule has 19 heavy (non-hydrogen) atoms. The number of aromatic nitrogens is 2. The molecular formula is C14H17N3O2. The van der Waals surface area contributed by atoms with Crippen LogP contribution in [-0.4, -0.2) is 16.2 Å². The minimum atomic E-state index is 0.330. The Balaban J connectivity index is 1.55. The summed E-state index contributed by atoms with van der Waals surface area (Å²) in [5, 5.41) is 7.28. The Morgan fingerprint density at radius 3 is 3.05 bits per heavy atom. The minimum absolute atomic E-state index is 0.330. The molecule has 1 aromatic carbocycles. The molecule has 1 fully saturated rings. The highest BCUT2D eigenvalue weighted by Crippen LogP contribution is 2.20. The van der Waals surface area contributed by atoms with Gasteiger partial charge >= 0.3 is 0 Å². The van der Waals surface area contributed by atoms with Gasteiger partial charge in [0.05, 0.1) is 0 Å². The number of aryl methyl sites for hydroxylation is 1. The topological polar surface area (TPSA) is 60.2 Å². The molecule has 0 saturated heterocycles. The number of rotatable bonds is 6. The van der Waals surface area contributed by atoms with Gasteiger partial charge in [-0.2, -0.15) is 4.98 Å². The molecule has 5 nitrogen and oxygen atoms in total. The average molecular weight is 259 g/mol. The first-order chi connectivity index (χ1) is 9.29. The highest BCUT2D eigenvalue weighted by atomic mass is 16.5. The molecule has 0 amide bonds. The lowest BCUT2D eigenvalue weighted by Crippen LogP contribution is -2.15. The van der Waals surface area contributed by atoms with Gasteiger partial charge in [0.15, 0.2) is 6.61 Å². The van der Waals surface area contributed by atoms with Gasteiger partial charge in [-0.05, 0) is 30.5 Å². The zero-order valence-corrected chi connectivity index (χ0v) is 10.9. The molecule has 0 radical (unpaired) electrons. The van der Waals surface area contributed by atoms with Gasteiger partial charge in [0, 0.05) is 19.5 Å². The van der Waals surface area contributed by atoms with Gasteiger partial charge in [-0.3, -0.25) is 0 Å². The van der Waals surface area contributed by atoms with Crippen molar-refractivity contribution in [3.63, 3.8) is 0 Å². The van der Waals surface area contributed by atoms with E-state index in [1.807, 2.05) is 18.2 Å². The lowest BCUT2D eigenvalue weighted by atomic mass is 10.2. The van der Waals surface area contributed by atoms with Crippen molar-refractivity contribution < 1.29 is 9.26 Å². The van der Waals surface area contributed by atoms with Crippen LogP contribution in [0.25, 0.3) is 0 Å². The first kappa shape index (κ1) is 12.2. The predicted octanol–water partition coefficient (Wildman–Crippen LogP) is 2.21. The van der Waals surface area contributed by atoms with Crippen LogP contribution < -0.4 is 10.1 Å². The lowest BCUT2D eigenvalue weighted by molar-refractivity contribution is 0.285. The number of hydrogen-bond acceptors (Lipinski definition) is 5. The molecule has 0 aliphatic heterocycles. The maximum absolute atomic E-state index is 5.66. The first-order valence-corrected chi connectivity index (χ1v) is 6.54. The molecule has 100 valence electrons. The second-order valence-electron chi connectivity index (χ2n) is 4.82. The predicted molar refractivity (Wildman–Crippen MR) is 69.7 cm³/mol. The fourth-order valence-corrected chi connectivity index (χ4v) is 1.84. The highest BCUT2D eigenvalue weighted by molar-refractivity contribution is 5.28. The second kappa shape index (κ2) is 5.40. The summed E-state index contributed by atoms with van der Waals surface area (Å²) in [5.41, 5.74) is 1.23. The molecule has 0 atom stereocenters. The van der Waals surface area contributed by atoms with E-state index in [1.165, 1.54) is 18.4 Å². The summed E-state index contributed by atoms with van der Waals surface area (Å²) in [6.07, 6.45) is 2.60. The maximum atomic E-state index is 5.66. The average Bonchev–Trinajstić information content (AvgIpc) is 3.16. The minimum Gasteiger partial charge on any atom is -0.485 e. The third-order valence-electron chi connectivity index (χ3n) is 3.01. The van der Waals surface area contributed by atoms with E-state index in [2.05, 4.69) is 21.5 Å². The quantitative estimate of drug-likeness (QED) is 0.861. The van der Waals surface area contributed by atoms with Crippen LogP contribution in [0.4, 0.5) is 0 Å². The Hall–Kier alpha value is -1.88. The molecule has 1 aromatic heterocycles. The van der Waals surface area contributed by atoms with Crippen molar-refractivity contribution in [3.8, 4) is 5.75 Å². The molecule has 5 heteroatoms. The SMILES string of the molecule is Cc1nc(COc2cccc(CNC3CC3)c2)no1. The monoisotopic (exact) mass is 259 g/mol. The van der Waals surface area contributed by atoms with E-state index < -0.39 is 0 Å². The fourth-order valence-electron chi connectivity index (χ4n) is 1.84.